The molecular formula is C21H24N2O4. The van der Waals surface area contributed by atoms with Crippen molar-refractivity contribution in [2.45, 2.75) is 26.2 Å². The maximum absolute atomic E-state index is 12.4. The second-order valence-corrected chi connectivity index (χ2v) is 7.03. The molecule has 27 heavy (non-hydrogen) atoms. The molecule has 2 aromatic rings. The summed E-state index contributed by atoms with van der Waals surface area (Å²) in [6.07, 6.45) is 2.96. The molecule has 0 saturated carbocycles. The van der Waals surface area contributed by atoms with E-state index >= 15 is 0 Å². The monoisotopic (exact) mass is 368 g/mol. The van der Waals surface area contributed by atoms with Crippen LogP contribution in [-0.4, -0.2) is 35.4 Å². The van der Waals surface area contributed by atoms with Gasteiger partial charge in [-0.15, -0.1) is 0 Å². The molecule has 0 atom stereocenters. The molecular weight excluding hydrogens is 344 g/mol. The molecule has 0 aromatic heterocycles. The first-order valence-corrected chi connectivity index (χ1v) is 9.22. The summed E-state index contributed by atoms with van der Waals surface area (Å²) >= 11 is 0. The summed E-state index contributed by atoms with van der Waals surface area (Å²) in [6, 6.07) is 15.1. The van der Waals surface area contributed by atoms with E-state index < -0.39 is 4.92 Å². The average Bonchev–Trinajstić information content (AvgIpc) is 2.68. The van der Waals surface area contributed by atoms with Crippen LogP contribution in [0.1, 0.15) is 24.0 Å². The van der Waals surface area contributed by atoms with Crippen LogP contribution >= 0.6 is 0 Å². The van der Waals surface area contributed by atoms with Crippen molar-refractivity contribution >= 4 is 11.6 Å². The highest BCUT2D eigenvalue weighted by molar-refractivity contribution is 5.78. The van der Waals surface area contributed by atoms with Crippen LogP contribution < -0.4 is 4.74 Å². The number of nitro benzene ring substituents is 1. The van der Waals surface area contributed by atoms with E-state index in [1.807, 2.05) is 6.07 Å². The van der Waals surface area contributed by atoms with E-state index in [1.54, 1.807) is 24.0 Å². The zero-order valence-corrected chi connectivity index (χ0v) is 15.5. The lowest BCUT2D eigenvalue weighted by atomic mass is 9.90. The van der Waals surface area contributed by atoms with Gasteiger partial charge in [-0.05, 0) is 49.3 Å². The Balaban J connectivity index is 1.49. The fourth-order valence-corrected chi connectivity index (χ4v) is 3.46. The lowest BCUT2D eigenvalue weighted by Gasteiger charge is -2.32. The van der Waals surface area contributed by atoms with Crippen molar-refractivity contribution < 1.29 is 14.5 Å². The highest BCUT2D eigenvalue weighted by atomic mass is 16.6. The first-order valence-electron chi connectivity index (χ1n) is 9.22. The Hall–Kier alpha value is -2.89. The minimum absolute atomic E-state index is 0.107. The molecule has 0 unspecified atom stereocenters. The Kier molecular flexibility index (Phi) is 6.06. The van der Waals surface area contributed by atoms with E-state index in [9.17, 15) is 14.9 Å². The summed E-state index contributed by atoms with van der Waals surface area (Å²) in [5, 5.41) is 11.1. The SMILES string of the molecule is Cc1ccc(OCC(=O)N2CCC(Cc3ccccc3)CC2)c([N+](=O)[O-])c1. The number of nitrogens with zero attached hydrogens (tertiary/aromatic N) is 2. The van der Waals surface area contributed by atoms with Gasteiger partial charge in [-0.2, -0.15) is 0 Å². The topological polar surface area (TPSA) is 72.7 Å². The second kappa shape index (κ2) is 8.66. The molecule has 142 valence electrons. The maximum atomic E-state index is 12.4. The third-order valence-electron chi connectivity index (χ3n) is 5.00. The number of hydrogen-bond acceptors (Lipinski definition) is 4. The summed E-state index contributed by atoms with van der Waals surface area (Å²) in [4.78, 5) is 24.9. The molecule has 0 aliphatic carbocycles. The molecule has 0 radical (unpaired) electrons. The molecule has 0 spiro atoms. The molecule has 1 aliphatic rings. The van der Waals surface area contributed by atoms with Crippen LogP contribution in [0.3, 0.4) is 0 Å². The molecule has 1 fully saturated rings. The molecule has 1 saturated heterocycles. The lowest BCUT2D eigenvalue weighted by Crippen LogP contribution is -2.41. The van der Waals surface area contributed by atoms with Gasteiger partial charge in [-0.1, -0.05) is 36.4 Å². The van der Waals surface area contributed by atoms with Crippen LogP contribution in [0.25, 0.3) is 0 Å². The van der Waals surface area contributed by atoms with Gasteiger partial charge < -0.3 is 9.64 Å². The van der Waals surface area contributed by atoms with E-state index in [2.05, 4.69) is 24.3 Å². The van der Waals surface area contributed by atoms with E-state index in [-0.39, 0.29) is 24.0 Å². The Morgan fingerprint density at radius 1 is 1.19 bits per heavy atom. The fourth-order valence-electron chi connectivity index (χ4n) is 3.46. The molecule has 6 heteroatoms. The van der Waals surface area contributed by atoms with E-state index in [4.69, 9.17) is 4.74 Å². The number of likely N-dealkylation sites (tertiary alicyclic amines) is 1. The number of hydrogen-bond donors (Lipinski definition) is 0. The molecule has 1 heterocycles. The number of aryl methyl sites for hydroxylation is 1. The predicted molar refractivity (Wildman–Crippen MR) is 103 cm³/mol. The van der Waals surface area contributed by atoms with Gasteiger partial charge in [0.25, 0.3) is 5.91 Å². The first kappa shape index (κ1) is 18.9. The quantitative estimate of drug-likeness (QED) is 0.575. The molecule has 1 aliphatic heterocycles. The zero-order chi connectivity index (χ0) is 19.2. The van der Waals surface area contributed by atoms with Crippen molar-refractivity contribution in [1.82, 2.24) is 4.90 Å². The molecule has 0 N–H and O–H groups in total. The minimum atomic E-state index is -0.484. The number of piperidine rings is 1. The lowest BCUT2D eigenvalue weighted by molar-refractivity contribution is -0.385. The van der Waals surface area contributed by atoms with Gasteiger partial charge in [0.2, 0.25) is 0 Å². The molecule has 1 amide bonds. The van der Waals surface area contributed by atoms with Gasteiger partial charge in [0, 0.05) is 19.2 Å². The van der Waals surface area contributed by atoms with Crippen molar-refractivity contribution in [3.8, 4) is 5.75 Å². The molecule has 6 nitrogen and oxygen atoms in total. The highest BCUT2D eigenvalue weighted by Gasteiger charge is 2.24. The predicted octanol–water partition coefficient (Wildman–Crippen LogP) is 3.76. The Morgan fingerprint density at radius 3 is 2.56 bits per heavy atom. The number of benzene rings is 2. The number of nitro groups is 1. The van der Waals surface area contributed by atoms with Crippen LogP contribution in [0.2, 0.25) is 0 Å². The Bertz CT molecular complexity index is 799. The van der Waals surface area contributed by atoms with Crippen LogP contribution in [-0.2, 0) is 11.2 Å². The minimum Gasteiger partial charge on any atom is -0.477 e. The van der Waals surface area contributed by atoms with Gasteiger partial charge in [0.1, 0.15) is 0 Å². The fraction of sp³-hybridized carbons (Fsp3) is 0.381. The van der Waals surface area contributed by atoms with Crippen molar-refractivity contribution in [2.24, 2.45) is 5.92 Å². The summed E-state index contributed by atoms with van der Waals surface area (Å²) < 4.78 is 5.46. The van der Waals surface area contributed by atoms with Gasteiger partial charge in [0.05, 0.1) is 4.92 Å². The van der Waals surface area contributed by atoms with Gasteiger partial charge in [-0.25, -0.2) is 0 Å². The number of ether oxygens (including phenoxy) is 1. The first-order chi connectivity index (χ1) is 13.0. The van der Waals surface area contributed by atoms with Crippen LogP contribution in [0.4, 0.5) is 5.69 Å². The second-order valence-electron chi connectivity index (χ2n) is 7.03. The summed E-state index contributed by atoms with van der Waals surface area (Å²) in [6.45, 7) is 3.01. The largest absolute Gasteiger partial charge is 0.477 e. The van der Waals surface area contributed by atoms with Crippen molar-refractivity contribution in [2.75, 3.05) is 19.7 Å². The van der Waals surface area contributed by atoms with Crippen molar-refractivity contribution in [1.29, 1.82) is 0 Å². The number of rotatable bonds is 6. The average molecular weight is 368 g/mol. The summed E-state index contributed by atoms with van der Waals surface area (Å²) in [7, 11) is 0. The summed E-state index contributed by atoms with van der Waals surface area (Å²) in [5.74, 6) is 0.594. The van der Waals surface area contributed by atoms with Gasteiger partial charge in [-0.3, -0.25) is 14.9 Å². The maximum Gasteiger partial charge on any atom is 0.311 e. The van der Waals surface area contributed by atoms with Gasteiger partial charge in [0.15, 0.2) is 12.4 Å². The molecule has 3 rings (SSSR count). The normalized spacial score (nSPS) is 14.8. The number of amides is 1. The standard InChI is InChI=1S/C21H24N2O4/c1-16-7-8-20(19(13-16)23(25)26)27-15-21(24)22-11-9-18(10-12-22)14-17-5-3-2-4-6-17/h2-8,13,18H,9-12,14-15H2,1H3. The van der Waals surface area contributed by atoms with Gasteiger partial charge >= 0.3 is 5.69 Å². The Labute approximate surface area is 158 Å². The van der Waals surface area contributed by atoms with E-state index in [0.717, 1.165) is 24.8 Å². The molecule has 0 bridgehead atoms. The summed E-state index contributed by atoms with van der Waals surface area (Å²) in [5.41, 5.74) is 2.00. The van der Waals surface area contributed by atoms with E-state index in [0.29, 0.717) is 19.0 Å². The smallest absolute Gasteiger partial charge is 0.311 e. The third-order valence-corrected chi connectivity index (χ3v) is 5.00. The van der Waals surface area contributed by atoms with Crippen LogP contribution in [0.5, 0.6) is 5.75 Å². The van der Waals surface area contributed by atoms with Crippen LogP contribution in [0.15, 0.2) is 48.5 Å². The van der Waals surface area contributed by atoms with Crippen molar-refractivity contribution in [3.63, 3.8) is 0 Å². The van der Waals surface area contributed by atoms with E-state index in [1.165, 1.54) is 11.6 Å². The van der Waals surface area contributed by atoms with Crippen molar-refractivity contribution in [3.05, 3.63) is 69.8 Å². The molecule has 2 aromatic carbocycles. The Morgan fingerprint density at radius 2 is 1.89 bits per heavy atom. The zero-order valence-electron chi connectivity index (χ0n) is 15.5. The number of carbonyl (C=O) groups excluding carboxylic acids is 1. The number of carbonyl (C=O) groups is 1. The van der Waals surface area contributed by atoms with Crippen LogP contribution in [0, 0.1) is 23.0 Å². The highest BCUT2D eigenvalue weighted by Crippen LogP contribution is 2.28. The third kappa shape index (κ3) is 5.06.